The molecule has 0 saturated carbocycles. The van der Waals surface area contributed by atoms with Gasteiger partial charge in [-0.2, -0.15) is 5.10 Å². The monoisotopic (exact) mass is 318 g/mol. The van der Waals surface area contributed by atoms with Crippen molar-refractivity contribution < 1.29 is 19.0 Å². The first kappa shape index (κ1) is 15.0. The molecule has 1 aliphatic heterocycles. The van der Waals surface area contributed by atoms with E-state index in [1.54, 1.807) is 17.1 Å². The Kier molecular flexibility index (Phi) is 4.51. The Labute approximate surface area is 133 Å². The Balaban J connectivity index is 1.37. The predicted molar refractivity (Wildman–Crippen MR) is 82.6 cm³/mol. The average Bonchev–Trinajstić information content (AvgIpc) is 3.18. The maximum Gasteiger partial charge on any atom is 0.231 e. The summed E-state index contributed by atoms with van der Waals surface area (Å²) in [6, 6.07) is 5.47. The van der Waals surface area contributed by atoms with E-state index in [-0.39, 0.29) is 6.79 Å². The highest BCUT2D eigenvalue weighted by atomic mass is 16.7. The van der Waals surface area contributed by atoms with E-state index in [1.165, 1.54) is 0 Å². The first-order chi connectivity index (χ1) is 11.2. The first-order valence-electron chi connectivity index (χ1n) is 7.19. The molecule has 2 N–H and O–H groups in total. The van der Waals surface area contributed by atoms with Crippen LogP contribution in [-0.4, -0.2) is 35.6 Å². The summed E-state index contributed by atoms with van der Waals surface area (Å²) in [5, 5.41) is 7.86. The molecule has 0 bridgehead atoms. The molecule has 0 saturated heterocycles. The van der Waals surface area contributed by atoms with Gasteiger partial charge in [0.15, 0.2) is 17.3 Å². The van der Waals surface area contributed by atoms with Crippen molar-refractivity contribution in [3.05, 3.63) is 36.2 Å². The molecule has 122 valence electrons. The summed E-state index contributed by atoms with van der Waals surface area (Å²) >= 11 is 0. The first-order valence-corrected chi connectivity index (χ1v) is 7.19. The molecule has 0 fully saturated rings. The highest BCUT2D eigenvalue weighted by Crippen LogP contribution is 2.35. The van der Waals surface area contributed by atoms with Crippen LogP contribution in [0.4, 0.5) is 0 Å². The third-order valence-corrected chi connectivity index (χ3v) is 3.16. The summed E-state index contributed by atoms with van der Waals surface area (Å²) in [5.74, 6) is 2.47. The summed E-state index contributed by atoms with van der Waals surface area (Å²) in [6.07, 6.45) is 4.08. The van der Waals surface area contributed by atoms with E-state index in [2.05, 4.69) is 10.3 Å². The van der Waals surface area contributed by atoms with Crippen LogP contribution >= 0.6 is 0 Å². The van der Waals surface area contributed by atoms with Gasteiger partial charge in [-0.3, -0.25) is 4.68 Å². The summed E-state index contributed by atoms with van der Waals surface area (Å²) < 4.78 is 17.8. The second kappa shape index (κ2) is 6.91. The SMILES string of the molecule is Cn1cc(/C(N)=N/OCCCOc2ccc3c(c2)OCO3)cn1. The maximum atomic E-state index is 5.78. The van der Waals surface area contributed by atoms with E-state index in [0.29, 0.717) is 31.2 Å². The fraction of sp³-hybridized carbons (Fsp3) is 0.333. The minimum atomic E-state index is 0.253. The van der Waals surface area contributed by atoms with Gasteiger partial charge in [0.1, 0.15) is 12.4 Å². The van der Waals surface area contributed by atoms with Crippen molar-refractivity contribution in [2.24, 2.45) is 17.9 Å². The van der Waals surface area contributed by atoms with Crippen LogP contribution in [-0.2, 0) is 11.9 Å². The molecular formula is C15H18N4O4. The molecule has 3 rings (SSSR count). The minimum Gasteiger partial charge on any atom is -0.493 e. The van der Waals surface area contributed by atoms with E-state index in [1.807, 2.05) is 25.2 Å². The van der Waals surface area contributed by atoms with Crippen molar-refractivity contribution in [3.8, 4) is 17.2 Å². The standard InChI is InChI=1S/C15H18N4O4/c1-19-9-11(8-17-19)15(16)18-23-6-2-5-20-12-3-4-13-14(7-12)22-10-21-13/h3-4,7-9H,2,5-6,10H2,1H3,(H2,16,18). The van der Waals surface area contributed by atoms with E-state index in [9.17, 15) is 0 Å². The smallest absolute Gasteiger partial charge is 0.231 e. The van der Waals surface area contributed by atoms with Crippen LogP contribution in [0.15, 0.2) is 35.7 Å². The quantitative estimate of drug-likeness (QED) is 0.357. The zero-order chi connectivity index (χ0) is 16.1. The number of nitrogens with zero attached hydrogens (tertiary/aromatic N) is 3. The third kappa shape index (κ3) is 3.85. The van der Waals surface area contributed by atoms with E-state index >= 15 is 0 Å². The molecule has 0 aliphatic carbocycles. The number of benzene rings is 1. The number of nitrogens with two attached hydrogens (primary N) is 1. The zero-order valence-corrected chi connectivity index (χ0v) is 12.8. The van der Waals surface area contributed by atoms with Crippen LogP contribution in [0, 0.1) is 0 Å². The van der Waals surface area contributed by atoms with Gasteiger partial charge in [-0.15, -0.1) is 0 Å². The number of amidine groups is 1. The molecule has 23 heavy (non-hydrogen) atoms. The summed E-state index contributed by atoms with van der Waals surface area (Å²) in [6.45, 7) is 1.16. The Morgan fingerprint density at radius 1 is 1.35 bits per heavy atom. The van der Waals surface area contributed by atoms with Crippen molar-refractivity contribution >= 4 is 5.84 Å². The molecule has 0 spiro atoms. The van der Waals surface area contributed by atoms with Gasteiger partial charge in [0, 0.05) is 25.7 Å². The van der Waals surface area contributed by atoms with Crippen molar-refractivity contribution in [2.75, 3.05) is 20.0 Å². The van der Waals surface area contributed by atoms with E-state index in [0.717, 1.165) is 17.1 Å². The zero-order valence-electron chi connectivity index (χ0n) is 12.8. The lowest BCUT2D eigenvalue weighted by molar-refractivity contribution is 0.127. The molecule has 2 aromatic rings. The second-order valence-corrected chi connectivity index (χ2v) is 4.93. The molecule has 1 aliphatic rings. The highest BCUT2D eigenvalue weighted by molar-refractivity contribution is 5.96. The molecule has 0 radical (unpaired) electrons. The van der Waals surface area contributed by atoms with Gasteiger partial charge in [-0.05, 0) is 12.1 Å². The van der Waals surface area contributed by atoms with E-state index in [4.69, 9.17) is 24.8 Å². The predicted octanol–water partition coefficient (Wildman–Crippen LogP) is 1.25. The Bertz CT molecular complexity index is 699. The van der Waals surface area contributed by atoms with Crippen molar-refractivity contribution in [1.29, 1.82) is 0 Å². The lowest BCUT2D eigenvalue weighted by Crippen LogP contribution is -2.13. The third-order valence-electron chi connectivity index (χ3n) is 3.16. The lowest BCUT2D eigenvalue weighted by atomic mass is 10.3. The number of aromatic nitrogens is 2. The van der Waals surface area contributed by atoms with Gasteiger partial charge in [0.25, 0.3) is 0 Å². The van der Waals surface area contributed by atoms with Gasteiger partial charge in [0.2, 0.25) is 6.79 Å². The highest BCUT2D eigenvalue weighted by Gasteiger charge is 2.13. The van der Waals surface area contributed by atoms with Crippen LogP contribution in [0.3, 0.4) is 0 Å². The number of hydrogen-bond donors (Lipinski definition) is 1. The number of fused-ring (bicyclic) bond motifs is 1. The van der Waals surface area contributed by atoms with Crippen LogP contribution in [0.1, 0.15) is 12.0 Å². The van der Waals surface area contributed by atoms with E-state index < -0.39 is 0 Å². The van der Waals surface area contributed by atoms with Gasteiger partial charge >= 0.3 is 0 Å². The minimum absolute atomic E-state index is 0.253. The topological polar surface area (TPSA) is 93.1 Å². The largest absolute Gasteiger partial charge is 0.493 e. The Hall–Kier alpha value is -2.90. The van der Waals surface area contributed by atoms with Crippen molar-refractivity contribution in [3.63, 3.8) is 0 Å². The summed E-state index contributed by atoms with van der Waals surface area (Å²) in [4.78, 5) is 5.17. The number of ether oxygens (including phenoxy) is 3. The molecule has 8 nitrogen and oxygen atoms in total. The van der Waals surface area contributed by atoms with Gasteiger partial charge in [-0.1, -0.05) is 5.16 Å². The summed E-state index contributed by atoms with van der Waals surface area (Å²) in [5.41, 5.74) is 6.51. The van der Waals surface area contributed by atoms with Crippen molar-refractivity contribution in [2.45, 2.75) is 6.42 Å². The Morgan fingerprint density at radius 3 is 3.04 bits per heavy atom. The van der Waals surface area contributed by atoms with Crippen LogP contribution < -0.4 is 19.9 Å². The molecule has 0 atom stereocenters. The molecule has 8 heteroatoms. The number of rotatable bonds is 7. The van der Waals surface area contributed by atoms with Gasteiger partial charge < -0.3 is 24.8 Å². The van der Waals surface area contributed by atoms with Crippen LogP contribution in [0.5, 0.6) is 17.2 Å². The fourth-order valence-electron chi connectivity index (χ4n) is 2.00. The second-order valence-electron chi connectivity index (χ2n) is 4.93. The van der Waals surface area contributed by atoms with Crippen LogP contribution in [0.25, 0.3) is 0 Å². The Morgan fingerprint density at radius 2 is 2.22 bits per heavy atom. The molecule has 1 aromatic carbocycles. The van der Waals surface area contributed by atoms with Crippen molar-refractivity contribution in [1.82, 2.24) is 9.78 Å². The average molecular weight is 318 g/mol. The normalized spacial score (nSPS) is 13.2. The lowest BCUT2D eigenvalue weighted by Gasteiger charge is -2.06. The number of hydrogen-bond acceptors (Lipinski definition) is 6. The number of aryl methyl sites for hydroxylation is 1. The molecular weight excluding hydrogens is 300 g/mol. The fourth-order valence-corrected chi connectivity index (χ4v) is 2.00. The maximum absolute atomic E-state index is 5.78. The van der Waals surface area contributed by atoms with Crippen LogP contribution in [0.2, 0.25) is 0 Å². The molecule has 0 unspecified atom stereocenters. The number of oxime groups is 1. The molecule has 1 aromatic heterocycles. The summed E-state index contributed by atoms with van der Waals surface area (Å²) in [7, 11) is 1.81. The van der Waals surface area contributed by atoms with Gasteiger partial charge in [-0.25, -0.2) is 0 Å². The molecule has 2 heterocycles. The molecule has 0 amide bonds. The van der Waals surface area contributed by atoms with Gasteiger partial charge in [0.05, 0.1) is 18.4 Å².